The standard InChI is InChI=1S/C22H24O2Si/c1-24-18-10-7-9-17(14-18)20-13-12-16-8-5-6-11-19(16)21(23)15-22(20)25(2,3)4/h5-15,20H,1-4H3/b13-12-,22-15+. The first kappa shape index (κ1) is 17.4. The molecular weight excluding hydrogens is 324 g/mol. The molecule has 0 heterocycles. The van der Waals surface area contributed by atoms with Crippen molar-refractivity contribution >= 4 is 19.9 Å². The molecule has 0 saturated carbocycles. The summed E-state index contributed by atoms with van der Waals surface area (Å²) < 4.78 is 5.40. The molecule has 2 nitrogen and oxygen atoms in total. The van der Waals surface area contributed by atoms with Crippen LogP contribution in [0.25, 0.3) is 6.08 Å². The van der Waals surface area contributed by atoms with E-state index in [1.807, 2.05) is 42.5 Å². The molecule has 1 aliphatic carbocycles. The molecule has 3 heteroatoms. The highest BCUT2D eigenvalue weighted by Gasteiger charge is 2.29. The monoisotopic (exact) mass is 348 g/mol. The molecule has 0 aliphatic heterocycles. The number of carbonyl (C=O) groups is 1. The maximum absolute atomic E-state index is 12.9. The second kappa shape index (κ2) is 6.85. The highest BCUT2D eigenvalue weighted by Crippen LogP contribution is 2.36. The van der Waals surface area contributed by atoms with Crippen molar-refractivity contribution in [2.75, 3.05) is 7.11 Å². The molecule has 2 aromatic carbocycles. The number of rotatable bonds is 3. The van der Waals surface area contributed by atoms with E-state index in [-0.39, 0.29) is 11.7 Å². The number of hydrogen-bond donors (Lipinski definition) is 0. The molecule has 0 amide bonds. The Balaban J connectivity index is 2.19. The van der Waals surface area contributed by atoms with E-state index >= 15 is 0 Å². The third kappa shape index (κ3) is 3.66. The lowest BCUT2D eigenvalue weighted by atomic mass is 9.92. The molecular formula is C22H24O2Si. The van der Waals surface area contributed by atoms with Gasteiger partial charge in [-0.05, 0) is 29.3 Å². The quantitative estimate of drug-likeness (QED) is 0.685. The number of methoxy groups -OCH3 is 1. The Bertz CT molecular complexity index is 856. The second-order valence-corrected chi connectivity index (χ2v) is 12.5. The Labute approximate surface area is 150 Å². The maximum atomic E-state index is 12.9. The van der Waals surface area contributed by atoms with Crippen LogP contribution in [0.4, 0.5) is 0 Å². The van der Waals surface area contributed by atoms with Gasteiger partial charge < -0.3 is 4.74 Å². The Morgan fingerprint density at radius 3 is 2.48 bits per heavy atom. The number of fused-ring (bicyclic) bond motifs is 1. The number of benzene rings is 2. The van der Waals surface area contributed by atoms with E-state index in [1.165, 1.54) is 5.20 Å². The summed E-state index contributed by atoms with van der Waals surface area (Å²) in [5, 5.41) is 1.25. The van der Waals surface area contributed by atoms with Crippen LogP contribution < -0.4 is 4.74 Å². The Kier molecular flexibility index (Phi) is 4.77. The summed E-state index contributed by atoms with van der Waals surface area (Å²) in [5.41, 5.74) is 2.92. The van der Waals surface area contributed by atoms with Crippen molar-refractivity contribution in [1.82, 2.24) is 0 Å². The van der Waals surface area contributed by atoms with Crippen LogP contribution in [0.1, 0.15) is 27.4 Å². The predicted octanol–water partition coefficient (Wildman–Crippen LogP) is 5.49. The molecule has 0 spiro atoms. The molecule has 25 heavy (non-hydrogen) atoms. The smallest absolute Gasteiger partial charge is 0.186 e. The van der Waals surface area contributed by atoms with Crippen molar-refractivity contribution < 1.29 is 9.53 Å². The van der Waals surface area contributed by atoms with Gasteiger partial charge in [-0.2, -0.15) is 0 Å². The zero-order chi connectivity index (χ0) is 18.0. The summed E-state index contributed by atoms with van der Waals surface area (Å²) in [5.74, 6) is 1.04. The van der Waals surface area contributed by atoms with Crippen molar-refractivity contribution in [1.29, 1.82) is 0 Å². The molecule has 0 saturated heterocycles. The number of allylic oxidation sites excluding steroid dienone is 3. The number of hydrogen-bond acceptors (Lipinski definition) is 2. The zero-order valence-corrected chi connectivity index (χ0v) is 16.2. The van der Waals surface area contributed by atoms with E-state index in [0.29, 0.717) is 0 Å². The van der Waals surface area contributed by atoms with Crippen LogP contribution in [0.15, 0.2) is 65.9 Å². The van der Waals surface area contributed by atoms with Crippen LogP contribution >= 0.6 is 0 Å². The normalized spacial score (nSPS) is 20.7. The zero-order valence-electron chi connectivity index (χ0n) is 15.2. The number of carbonyl (C=O) groups excluding carboxylic acids is 1. The van der Waals surface area contributed by atoms with Gasteiger partial charge in [0.05, 0.1) is 15.2 Å². The molecule has 0 radical (unpaired) electrons. The molecule has 1 aliphatic rings. The molecule has 0 fully saturated rings. The second-order valence-electron chi connectivity index (χ2n) is 7.41. The van der Waals surface area contributed by atoms with Gasteiger partial charge in [-0.25, -0.2) is 0 Å². The maximum Gasteiger partial charge on any atom is 0.186 e. The van der Waals surface area contributed by atoms with Gasteiger partial charge in [0.1, 0.15) is 5.75 Å². The molecule has 128 valence electrons. The van der Waals surface area contributed by atoms with Gasteiger partial charge in [-0.1, -0.05) is 73.4 Å². The molecule has 3 rings (SSSR count). The van der Waals surface area contributed by atoms with Crippen molar-refractivity contribution in [3.63, 3.8) is 0 Å². The van der Waals surface area contributed by atoms with E-state index in [0.717, 1.165) is 22.4 Å². The molecule has 0 bridgehead atoms. The van der Waals surface area contributed by atoms with E-state index in [2.05, 4.69) is 43.9 Å². The van der Waals surface area contributed by atoms with Crippen LogP contribution in [0.2, 0.25) is 19.6 Å². The van der Waals surface area contributed by atoms with E-state index in [1.54, 1.807) is 7.11 Å². The van der Waals surface area contributed by atoms with Gasteiger partial charge in [0.15, 0.2) is 5.78 Å². The lowest BCUT2D eigenvalue weighted by molar-refractivity contribution is 0.104. The minimum atomic E-state index is -1.70. The van der Waals surface area contributed by atoms with Gasteiger partial charge in [-0.3, -0.25) is 4.79 Å². The van der Waals surface area contributed by atoms with Gasteiger partial charge in [0.2, 0.25) is 0 Å². The fourth-order valence-corrected chi connectivity index (χ4v) is 5.05. The van der Waals surface area contributed by atoms with E-state index in [9.17, 15) is 4.79 Å². The number of ether oxygens (including phenoxy) is 1. The van der Waals surface area contributed by atoms with Gasteiger partial charge >= 0.3 is 0 Å². The van der Waals surface area contributed by atoms with Crippen molar-refractivity contribution in [3.8, 4) is 5.75 Å². The minimum Gasteiger partial charge on any atom is -0.497 e. The molecule has 1 unspecified atom stereocenters. The average molecular weight is 349 g/mol. The Hall–Kier alpha value is -2.39. The molecule has 1 atom stereocenters. The topological polar surface area (TPSA) is 26.3 Å². The van der Waals surface area contributed by atoms with Gasteiger partial charge in [0, 0.05) is 11.5 Å². The van der Waals surface area contributed by atoms with Gasteiger partial charge in [0.25, 0.3) is 0 Å². The highest BCUT2D eigenvalue weighted by atomic mass is 28.3. The lowest BCUT2D eigenvalue weighted by Crippen LogP contribution is -2.29. The highest BCUT2D eigenvalue weighted by molar-refractivity contribution is 6.83. The summed E-state index contributed by atoms with van der Waals surface area (Å²) in [6.45, 7) is 6.88. The molecule has 0 aromatic heterocycles. The fraction of sp³-hybridized carbons (Fsp3) is 0.227. The van der Waals surface area contributed by atoms with E-state index in [4.69, 9.17) is 4.74 Å². The SMILES string of the molecule is COc1cccc(C2/C=C\c3ccccc3C(=O)/C=C\2[Si](C)(C)C)c1. The van der Waals surface area contributed by atoms with Gasteiger partial charge in [-0.15, -0.1) is 0 Å². The van der Waals surface area contributed by atoms with E-state index < -0.39 is 8.07 Å². The first-order chi connectivity index (χ1) is 11.9. The summed E-state index contributed by atoms with van der Waals surface area (Å²) in [6, 6.07) is 16.0. The summed E-state index contributed by atoms with van der Waals surface area (Å²) in [4.78, 5) is 12.9. The van der Waals surface area contributed by atoms with Crippen LogP contribution in [-0.2, 0) is 0 Å². The Morgan fingerprint density at radius 2 is 1.76 bits per heavy atom. The fourth-order valence-electron chi connectivity index (χ4n) is 3.29. The first-order valence-corrected chi connectivity index (χ1v) is 12.1. The summed E-state index contributed by atoms with van der Waals surface area (Å²) in [7, 11) is -0.0166. The largest absolute Gasteiger partial charge is 0.497 e. The molecule has 2 aromatic rings. The first-order valence-electron chi connectivity index (χ1n) is 8.58. The minimum absolute atomic E-state index is 0.0964. The lowest BCUT2D eigenvalue weighted by Gasteiger charge is -2.29. The molecule has 0 N–H and O–H groups in total. The van der Waals surface area contributed by atoms with Crippen LogP contribution in [0.5, 0.6) is 5.75 Å². The van der Waals surface area contributed by atoms with Crippen LogP contribution in [0.3, 0.4) is 0 Å². The van der Waals surface area contributed by atoms with Crippen molar-refractivity contribution in [2.45, 2.75) is 25.6 Å². The summed E-state index contributed by atoms with van der Waals surface area (Å²) in [6.07, 6.45) is 6.20. The number of ketones is 1. The third-order valence-corrected chi connectivity index (χ3v) is 6.82. The van der Waals surface area contributed by atoms with Crippen LogP contribution in [-0.4, -0.2) is 21.0 Å². The summed E-state index contributed by atoms with van der Waals surface area (Å²) >= 11 is 0. The van der Waals surface area contributed by atoms with Crippen LogP contribution in [0, 0.1) is 0 Å². The average Bonchev–Trinajstić information content (AvgIpc) is 2.59. The van der Waals surface area contributed by atoms with Crippen molar-refractivity contribution in [3.05, 3.63) is 82.6 Å². The van der Waals surface area contributed by atoms with Crippen molar-refractivity contribution in [2.24, 2.45) is 0 Å². The predicted molar refractivity (Wildman–Crippen MR) is 107 cm³/mol. The Morgan fingerprint density at radius 1 is 1.00 bits per heavy atom. The third-order valence-electron chi connectivity index (χ3n) is 4.64.